The molecule has 0 aromatic heterocycles. The molecule has 1 aromatic rings. The molecule has 21 heavy (non-hydrogen) atoms. The summed E-state index contributed by atoms with van der Waals surface area (Å²) < 4.78 is 11.4. The van der Waals surface area contributed by atoms with E-state index in [0.29, 0.717) is 19.8 Å². The van der Waals surface area contributed by atoms with E-state index in [2.05, 4.69) is 6.07 Å². The van der Waals surface area contributed by atoms with Gasteiger partial charge in [0.25, 0.3) is 0 Å². The van der Waals surface area contributed by atoms with Crippen molar-refractivity contribution in [2.24, 2.45) is 11.1 Å². The van der Waals surface area contributed by atoms with Crippen LogP contribution >= 0.6 is 0 Å². The molecule has 4 heteroatoms. The smallest absolute Gasteiger partial charge is 0.161 e. The number of ether oxygens (including phenoxy) is 2. The number of nitriles is 1. The van der Waals surface area contributed by atoms with Crippen LogP contribution in [0.15, 0.2) is 18.2 Å². The largest absolute Gasteiger partial charge is 0.490 e. The van der Waals surface area contributed by atoms with E-state index < -0.39 is 0 Å². The van der Waals surface area contributed by atoms with Crippen LogP contribution in [0.25, 0.3) is 0 Å². The van der Waals surface area contributed by atoms with Crippen molar-refractivity contribution in [1.82, 2.24) is 0 Å². The first kappa shape index (κ1) is 17.3. The monoisotopic (exact) mass is 290 g/mol. The van der Waals surface area contributed by atoms with Crippen molar-refractivity contribution in [2.75, 3.05) is 13.2 Å². The molecule has 1 rings (SSSR count). The minimum absolute atomic E-state index is 0.251. The Morgan fingerprint density at radius 3 is 2.57 bits per heavy atom. The molecule has 0 spiro atoms. The van der Waals surface area contributed by atoms with Crippen molar-refractivity contribution in [3.05, 3.63) is 23.8 Å². The van der Waals surface area contributed by atoms with Crippen molar-refractivity contribution in [3.8, 4) is 17.6 Å². The minimum atomic E-state index is -0.251. The second-order valence-corrected chi connectivity index (χ2v) is 5.72. The molecule has 0 aliphatic rings. The number of nitrogens with zero attached hydrogens (tertiary/aromatic N) is 1. The van der Waals surface area contributed by atoms with Gasteiger partial charge in [-0.3, -0.25) is 0 Å². The van der Waals surface area contributed by atoms with E-state index in [-0.39, 0.29) is 5.41 Å². The molecule has 1 aromatic carbocycles. The van der Waals surface area contributed by atoms with Crippen LogP contribution in [-0.2, 0) is 6.54 Å². The first-order valence-corrected chi connectivity index (χ1v) is 7.52. The predicted molar refractivity (Wildman–Crippen MR) is 84.2 cm³/mol. The zero-order chi connectivity index (χ0) is 15.7. The van der Waals surface area contributed by atoms with Gasteiger partial charge in [-0.25, -0.2) is 0 Å². The van der Waals surface area contributed by atoms with Gasteiger partial charge < -0.3 is 15.2 Å². The molecule has 0 atom stereocenters. The van der Waals surface area contributed by atoms with Crippen molar-refractivity contribution in [2.45, 2.75) is 46.6 Å². The first-order valence-electron chi connectivity index (χ1n) is 7.52. The Hall–Kier alpha value is -1.73. The summed E-state index contributed by atoms with van der Waals surface area (Å²) in [4.78, 5) is 0. The molecule has 0 unspecified atom stereocenters. The second-order valence-electron chi connectivity index (χ2n) is 5.72. The minimum Gasteiger partial charge on any atom is -0.490 e. The van der Waals surface area contributed by atoms with E-state index >= 15 is 0 Å². The van der Waals surface area contributed by atoms with E-state index in [1.165, 1.54) is 0 Å². The fourth-order valence-corrected chi connectivity index (χ4v) is 1.97. The summed E-state index contributed by atoms with van der Waals surface area (Å²) >= 11 is 0. The topological polar surface area (TPSA) is 68.3 Å². The Bertz CT molecular complexity index is 478. The SMILES string of the molecule is CCOc1cc(CN)ccc1OCCCCC(C)(C)C#N. The highest BCUT2D eigenvalue weighted by atomic mass is 16.5. The first-order chi connectivity index (χ1) is 10.0. The van der Waals surface area contributed by atoms with E-state index in [1.807, 2.05) is 39.0 Å². The van der Waals surface area contributed by atoms with Gasteiger partial charge in [-0.05, 0) is 57.7 Å². The molecule has 2 N–H and O–H groups in total. The lowest BCUT2D eigenvalue weighted by Gasteiger charge is -2.15. The molecular formula is C17H26N2O2. The Balaban J connectivity index is 2.46. The highest BCUT2D eigenvalue weighted by molar-refractivity contribution is 5.43. The molecule has 0 heterocycles. The van der Waals surface area contributed by atoms with E-state index in [1.54, 1.807) is 0 Å². The van der Waals surface area contributed by atoms with Crippen LogP contribution < -0.4 is 15.2 Å². The average Bonchev–Trinajstić information content (AvgIpc) is 2.48. The maximum absolute atomic E-state index is 8.97. The molecular weight excluding hydrogens is 264 g/mol. The van der Waals surface area contributed by atoms with Crippen molar-refractivity contribution in [1.29, 1.82) is 5.26 Å². The lowest BCUT2D eigenvalue weighted by Crippen LogP contribution is -2.08. The number of hydrogen-bond donors (Lipinski definition) is 1. The zero-order valence-corrected chi connectivity index (χ0v) is 13.3. The van der Waals surface area contributed by atoms with Crippen molar-refractivity contribution in [3.63, 3.8) is 0 Å². The van der Waals surface area contributed by atoms with Crippen LogP contribution in [0.1, 0.15) is 45.6 Å². The second kappa shape index (κ2) is 8.53. The molecule has 0 amide bonds. The zero-order valence-electron chi connectivity index (χ0n) is 13.3. The normalized spacial score (nSPS) is 11.0. The van der Waals surface area contributed by atoms with Crippen LogP contribution in [0.4, 0.5) is 0 Å². The summed E-state index contributed by atoms with van der Waals surface area (Å²) in [5.41, 5.74) is 6.41. The Morgan fingerprint density at radius 1 is 1.19 bits per heavy atom. The van der Waals surface area contributed by atoms with Crippen LogP contribution in [0.2, 0.25) is 0 Å². The van der Waals surface area contributed by atoms with Gasteiger partial charge in [-0.1, -0.05) is 6.07 Å². The highest BCUT2D eigenvalue weighted by Gasteiger charge is 2.15. The van der Waals surface area contributed by atoms with Gasteiger partial charge in [0.1, 0.15) is 0 Å². The molecule has 0 aliphatic carbocycles. The Labute approximate surface area is 127 Å². The maximum atomic E-state index is 8.97. The summed E-state index contributed by atoms with van der Waals surface area (Å²) in [6, 6.07) is 8.11. The standard InChI is InChI=1S/C17H26N2O2/c1-4-20-16-11-14(12-18)7-8-15(16)21-10-6-5-9-17(2,3)13-19/h7-8,11H,4-6,9-10,12,18H2,1-3H3. The molecule has 4 nitrogen and oxygen atoms in total. The van der Waals surface area contributed by atoms with Gasteiger partial charge >= 0.3 is 0 Å². The van der Waals surface area contributed by atoms with E-state index in [9.17, 15) is 0 Å². The summed E-state index contributed by atoms with van der Waals surface area (Å²) in [6.07, 6.45) is 2.79. The van der Waals surface area contributed by atoms with E-state index in [4.69, 9.17) is 20.5 Å². The fraction of sp³-hybridized carbons (Fsp3) is 0.588. The Kier molecular flexibility index (Phi) is 7.04. The van der Waals surface area contributed by atoms with Gasteiger partial charge in [0, 0.05) is 6.54 Å². The average molecular weight is 290 g/mol. The lowest BCUT2D eigenvalue weighted by molar-refractivity contribution is 0.265. The Morgan fingerprint density at radius 2 is 1.95 bits per heavy atom. The quantitative estimate of drug-likeness (QED) is 0.705. The molecule has 0 bridgehead atoms. The molecule has 0 fully saturated rings. The fourth-order valence-electron chi connectivity index (χ4n) is 1.97. The molecule has 0 radical (unpaired) electrons. The number of nitrogens with two attached hydrogens (primary N) is 1. The maximum Gasteiger partial charge on any atom is 0.161 e. The highest BCUT2D eigenvalue weighted by Crippen LogP contribution is 2.29. The number of rotatable bonds is 9. The van der Waals surface area contributed by atoms with Crippen molar-refractivity contribution < 1.29 is 9.47 Å². The summed E-state index contributed by atoms with van der Waals surface area (Å²) in [6.45, 7) is 7.59. The molecule has 0 saturated carbocycles. The predicted octanol–water partition coefficient (Wildman–Crippen LogP) is 3.64. The molecule has 0 saturated heterocycles. The lowest BCUT2D eigenvalue weighted by atomic mass is 9.89. The van der Waals surface area contributed by atoms with Gasteiger partial charge in [0.15, 0.2) is 11.5 Å². The van der Waals surface area contributed by atoms with E-state index in [0.717, 1.165) is 36.3 Å². The van der Waals surface area contributed by atoms with Crippen LogP contribution in [0.5, 0.6) is 11.5 Å². The van der Waals surface area contributed by atoms with Gasteiger partial charge in [-0.15, -0.1) is 0 Å². The molecule has 0 aliphatic heterocycles. The van der Waals surface area contributed by atoms with Crippen LogP contribution in [0.3, 0.4) is 0 Å². The molecule has 116 valence electrons. The number of unbranched alkanes of at least 4 members (excludes halogenated alkanes) is 1. The number of hydrogen-bond acceptors (Lipinski definition) is 4. The third-order valence-electron chi connectivity index (χ3n) is 3.30. The van der Waals surface area contributed by atoms with Crippen LogP contribution in [-0.4, -0.2) is 13.2 Å². The van der Waals surface area contributed by atoms with Gasteiger partial charge in [0.2, 0.25) is 0 Å². The van der Waals surface area contributed by atoms with Crippen LogP contribution in [0, 0.1) is 16.7 Å². The summed E-state index contributed by atoms with van der Waals surface area (Å²) in [7, 11) is 0. The third kappa shape index (κ3) is 6.05. The van der Waals surface area contributed by atoms with Crippen molar-refractivity contribution >= 4 is 0 Å². The summed E-state index contributed by atoms with van der Waals surface area (Å²) in [5.74, 6) is 1.51. The summed E-state index contributed by atoms with van der Waals surface area (Å²) in [5, 5.41) is 8.97. The van der Waals surface area contributed by atoms with Gasteiger partial charge in [-0.2, -0.15) is 5.26 Å². The third-order valence-corrected chi connectivity index (χ3v) is 3.30. The van der Waals surface area contributed by atoms with Gasteiger partial charge in [0.05, 0.1) is 24.7 Å². The number of benzene rings is 1.